The molecule has 2 heterocycles. The predicted octanol–water partition coefficient (Wildman–Crippen LogP) is 1.69. The van der Waals surface area contributed by atoms with Crippen LogP contribution in [-0.4, -0.2) is 69.0 Å². The molecule has 3 amide bonds. The van der Waals surface area contributed by atoms with Crippen molar-refractivity contribution in [1.29, 1.82) is 0 Å². The van der Waals surface area contributed by atoms with E-state index in [1.165, 1.54) is 15.9 Å². The minimum Gasteiger partial charge on any atom is -0.356 e. The van der Waals surface area contributed by atoms with Crippen molar-refractivity contribution in [3.8, 4) is 5.69 Å². The van der Waals surface area contributed by atoms with E-state index in [1.807, 2.05) is 18.2 Å². The molecular weight excluding hydrogens is 446 g/mol. The SMILES string of the molecule is O=C1CCC(c2ccccc2)CCNC(=O)CN(C(=O)c2ccc(-n3cnnn3)cc2)CCCN1. The van der Waals surface area contributed by atoms with Crippen molar-refractivity contribution in [2.75, 3.05) is 26.2 Å². The van der Waals surface area contributed by atoms with Gasteiger partial charge >= 0.3 is 0 Å². The van der Waals surface area contributed by atoms with E-state index >= 15 is 0 Å². The van der Waals surface area contributed by atoms with Crippen molar-refractivity contribution in [3.63, 3.8) is 0 Å². The highest BCUT2D eigenvalue weighted by Gasteiger charge is 2.20. The molecule has 0 bridgehead atoms. The van der Waals surface area contributed by atoms with E-state index in [4.69, 9.17) is 0 Å². The summed E-state index contributed by atoms with van der Waals surface area (Å²) in [6, 6.07) is 16.9. The van der Waals surface area contributed by atoms with Gasteiger partial charge in [0, 0.05) is 31.6 Å². The molecule has 2 aromatic carbocycles. The maximum absolute atomic E-state index is 13.2. The van der Waals surface area contributed by atoms with Crippen LogP contribution in [0.1, 0.15) is 47.5 Å². The molecule has 0 spiro atoms. The molecule has 2 N–H and O–H groups in total. The Kier molecular flexibility index (Phi) is 8.16. The van der Waals surface area contributed by atoms with Gasteiger partial charge in [-0.25, -0.2) is 4.68 Å². The highest BCUT2D eigenvalue weighted by atomic mass is 16.2. The first kappa shape index (κ1) is 24.1. The molecule has 0 aliphatic carbocycles. The van der Waals surface area contributed by atoms with Gasteiger partial charge in [0.15, 0.2) is 0 Å². The fraction of sp³-hybridized carbons (Fsp3) is 0.360. The van der Waals surface area contributed by atoms with Gasteiger partial charge in [0.1, 0.15) is 6.33 Å². The van der Waals surface area contributed by atoms with Gasteiger partial charge in [-0.05, 0) is 65.4 Å². The van der Waals surface area contributed by atoms with Gasteiger partial charge in [0.2, 0.25) is 11.8 Å². The van der Waals surface area contributed by atoms with Crippen LogP contribution in [0.5, 0.6) is 0 Å². The first-order chi connectivity index (χ1) is 17.1. The molecule has 1 aliphatic heterocycles. The van der Waals surface area contributed by atoms with Gasteiger partial charge in [-0.15, -0.1) is 5.10 Å². The molecule has 1 saturated heterocycles. The fourth-order valence-corrected chi connectivity index (χ4v) is 4.18. The van der Waals surface area contributed by atoms with E-state index < -0.39 is 0 Å². The zero-order valence-electron chi connectivity index (χ0n) is 19.5. The summed E-state index contributed by atoms with van der Waals surface area (Å²) in [4.78, 5) is 39.8. The average molecular weight is 476 g/mol. The maximum Gasteiger partial charge on any atom is 0.254 e. The lowest BCUT2D eigenvalue weighted by Crippen LogP contribution is -2.42. The molecule has 1 unspecified atom stereocenters. The zero-order valence-corrected chi connectivity index (χ0v) is 19.5. The minimum atomic E-state index is -0.246. The van der Waals surface area contributed by atoms with Crippen molar-refractivity contribution in [2.24, 2.45) is 0 Å². The lowest BCUT2D eigenvalue weighted by Gasteiger charge is -2.24. The number of rotatable bonds is 3. The van der Waals surface area contributed by atoms with Gasteiger partial charge in [-0.2, -0.15) is 0 Å². The Bertz CT molecular complexity index is 1120. The molecule has 35 heavy (non-hydrogen) atoms. The summed E-state index contributed by atoms with van der Waals surface area (Å²) in [5.41, 5.74) is 2.34. The fourth-order valence-electron chi connectivity index (χ4n) is 4.18. The van der Waals surface area contributed by atoms with E-state index in [1.54, 1.807) is 24.3 Å². The normalized spacial score (nSPS) is 18.3. The van der Waals surface area contributed by atoms with E-state index in [0.29, 0.717) is 38.0 Å². The highest BCUT2D eigenvalue weighted by molar-refractivity contribution is 5.96. The van der Waals surface area contributed by atoms with Crippen molar-refractivity contribution < 1.29 is 14.4 Å². The number of carbonyl (C=O) groups excluding carboxylic acids is 3. The molecule has 4 rings (SSSR count). The van der Waals surface area contributed by atoms with Gasteiger partial charge in [0.25, 0.3) is 5.91 Å². The molecule has 0 radical (unpaired) electrons. The molecule has 3 aromatic rings. The molecule has 1 aromatic heterocycles. The lowest BCUT2D eigenvalue weighted by molar-refractivity contribution is -0.123. The summed E-state index contributed by atoms with van der Waals surface area (Å²) >= 11 is 0. The van der Waals surface area contributed by atoms with Crippen molar-refractivity contribution in [2.45, 2.75) is 31.6 Å². The summed E-state index contributed by atoms with van der Waals surface area (Å²) in [5.74, 6) is -0.273. The van der Waals surface area contributed by atoms with Crippen LogP contribution in [0.2, 0.25) is 0 Å². The van der Waals surface area contributed by atoms with Crippen molar-refractivity contribution in [3.05, 3.63) is 72.1 Å². The molecular formula is C25H29N7O3. The Morgan fingerprint density at radius 2 is 1.69 bits per heavy atom. The van der Waals surface area contributed by atoms with E-state index in [2.05, 4.69) is 38.3 Å². The molecule has 10 nitrogen and oxygen atoms in total. The van der Waals surface area contributed by atoms with Crippen molar-refractivity contribution >= 4 is 17.7 Å². The molecule has 1 fully saturated rings. The van der Waals surface area contributed by atoms with E-state index in [9.17, 15) is 14.4 Å². The van der Waals surface area contributed by atoms with Crippen LogP contribution in [-0.2, 0) is 9.59 Å². The van der Waals surface area contributed by atoms with Crippen LogP contribution in [0.15, 0.2) is 60.9 Å². The van der Waals surface area contributed by atoms with Crippen LogP contribution < -0.4 is 10.6 Å². The molecule has 0 saturated carbocycles. The maximum atomic E-state index is 13.2. The summed E-state index contributed by atoms with van der Waals surface area (Å²) < 4.78 is 1.49. The smallest absolute Gasteiger partial charge is 0.254 e. The zero-order chi connectivity index (χ0) is 24.5. The van der Waals surface area contributed by atoms with Gasteiger partial charge in [-0.3, -0.25) is 14.4 Å². The summed E-state index contributed by atoms with van der Waals surface area (Å²) in [7, 11) is 0. The summed E-state index contributed by atoms with van der Waals surface area (Å²) in [6.07, 6.45) is 3.88. The first-order valence-corrected chi connectivity index (χ1v) is 11.8. The van der Waals surface area contributed by atoms with E-state index in [-0.39, 0.29) is 30.2 Å². The predicted molar refractivity (Wildman–Crippen MR) is 129 cm³/mol. The summed E-state index contributed by atoms with van der Waals surface area (Å²) in [5, 5.41) is 17.0. The topological polar surface area (TPSA) is 122 Å². The quantitative estimate of drug-likeness (QED) is 0.595. The van der Waals surface area contributed by atoms with Crippen LogP contribution in [0.4, 0.5) is 0 Å². The number of tetrazole rings is 1. The average Bonchev–Trinajstić information content (AvgIpc) is 3.43. The van der Waals surface area contributed by atoms with Crippen LogP contribution in [0, 0.1) is 0 Å². The number of hydrogen-bond donors (Lipinski definition) is 2. The van der Waals surface area contributed by atoms with Crippen LogP contribution >= 0.6 is 0 Å². The van der Waals surface area contributed by atoms with Crippen LogP contribution in [0.3, 0.4) is 0 Å². The van der Waals surface area contributed by atoms with Gasteiger partial charge in [0.05, 0.1) is 12.2 Å². The number of nitrogens with one attached hydrogen (secondary N) is 2. The number of aromatic nitrogens is 4. The molecule has 1 atom stereocenters. The number of hydrogen-bond acceptors (Lipinski definition) is 6. The first-order valence-electron chi connectivity index (χ1n) is 11.8. The number of amides is 3. The largest absolute Gasteiger partial charge is 0.356 e. The Labute approximate surface area is 203 Å². The lowest BCUT2D eigenvalue weighted by atomic mass is 9.91. The Morgan fingerprint density at radius 3 is 2.43 bits per heavy atom. The molecule has 10 heteroatoms. The standard InChI is InChI=1S/C25H29N7O3/c33-23-12-9-20(19-5-2-1-3-6-19)13-15-27-24(34)17-31(16-4-14-26-23)25(35)21-7-10-22(11-8-21)32-18-28-29-30-32/h1-3,5-8,10-11,18,20H,4,9,12-17H2,(H,26,33)(H,27,34). The van der Waals surface area contributed by atoms with Crippen LogP contribution in [0.25, 0.3) is 5.69 Å². The summed E-state index contributed by atoms with van der Waals surface area (Å²) in [6.45, 7) is 1.23. The number of nitrogens with zero attached hydrogens (tertiary/aromatic N) is 5. The monoisotopic (exact) mass is 475 g/mol. The highest BCUT2D eigenvalue weighted by Crippen LogP contribution is 2.24. The Hall–Kier alpha value is -4.08. The second-order valence-electron chi connectivity index (χ2n) is 8.52. The third kappa shape index (κ3) is 6.72. The Morgan fingerprint density at radius 1 is 0.914 bits per heavy atom. The van der Waals surface area contributed by atoms with E-state index in [0.717, 1.165) is 24.1 Å². The number of carbonyl (C=O) groups is 3. The number of benzene rings is 2. The van der Waals surface area contributed by atoms with Gasteiger partial charge in [-0.1, -0.05) is 30.3 Å². The third-order valence-corrected chi connectivity index (χ3v) is 6.08. The Balaban J connectivity index is 1.43. The third-order valence-electron chi connectivity index (χ3n) is 6.08. The van der Waals surface area contributed by atoms with Crippen molar-refractivity contribution in [1.82, 2.24) is 35.7 Å². The molecule has 1 aliphatic rings. The second kappa shape index (κ2) is 11.9. The minimum absolute atomic E-state index is 0.00286. The van der Waals surface area contributed by atoms with Gasteiger partial charge < -0.3 is 15.5 Å². The molecule has 182 valence electrons. The second-order valence-corrected chi connectivity index (χ2v) is 8.52.